The third kappa shape index (κ3) is 4.04. The van der Waals surface area contributed by atoms with Crippen molar-refractivity contribution in [3.05, 3.63) is 94.6 Å². The van der Waals surface area contributed by atoms with Crippen LogP contribution in [0.5, 0.6) is 0 Å². The lowest BCUT2D eigenvalue weighted by molar-refractivity contribution is 0.0697. The van der Waals surface area contributed by atoms with Crippen molar-refractivity contribution in [2.75, 3.05) is 16.8 Å². The number of hydrogen-bond donors (Lipinski definition) is 2. The molecule has 34 heavy (non-hydrogen) atoms. The van der Waals surface area contributed by atoms with Gasteiger partial charge in [-0.15, -0.1) is 0 Å². The van der Waals surface area contributed by atoms with Gasteiger partial charge >= 0.3 is 5.97 Å². The van der Waals surface area contributed by atoms with Gasteiger partial charge in [0, 0.05) is 29.0 Å². The molecule has 0 saturated carbocycles. The van der Waals surface area contributed by atoms with Crippen LogP contribution in [0.4, 0.5) is 31.8 Å². The van der Waals surface area contributed by atoms with Crippen molar-refractivity contribution in [3.63, 3.8) is 0 Å². The number of halogens is 3. The molecule has 2 N–H and O–H groups in total. The Labute approximate surface area is 198 Å². The van der Waals surface area contributed by atoms with Crippen molar-refractivity contribution < 1.29 is 18.7 Å². The maximum atomic E-state index is 14.7. The van der Waals surface area contributed by atoms with Gasteiger partial charge in [-0.2, -0.15) is 0 Å². The van der Waals surface area contributed by atoms with Gasteiger partial charge in [-0.25, -0.2) is 23.5 Å². The van der Waals surface area contributed by atoms with Crippen LogP contribution in [0.25, 0.3) is 11.3 Å². The zero-order chi connectivity index (χ0) is 23.8. The summed E-state index contributed by atoms with van der Waals surface area (Å²) >= 11 is 6.26. The molecule has 1 aromatic heterocycles. The number of aromatic carboxylic acids is 1. The molecule has 0 unspecified atom stereocenters. The van der Waals surface area contributed by atoms with Gasteiger partial charge in [0.05, 0.1) is 16.9 Å². The van der Waals surface area contributed by atoms with Crippen molar-refractivity contribution in [1.29, 1.82) is 0 Å². The highest BCUT2D eigenvalue weighted by atomic mass is 35.5. The van der Waals surface area contributed by atoms with E-state index in [1.54, 1.807) is 41.4 Å². The van der Waals surface area contributed by atoms with E-state index in [-0.39, 0.29) is 11.3 Å². The van der Waals surface area contributed by atoms with Crippen molar-refractivity contribution in [2.24, 2.45) is 0 Å². The van der Waals surface area contributed by atoms with Crippen LogP contribution in [0.15, 0.2) is 66.9 Å². The van der Waals surface area contributed by atoms with Crippen molar-refractivity contribution in [2.45, 2.75) is 6.42 Å². The van der Waals surface area contributed by atoms with Crippen molar-refractivity contribution in [1.82, 2.24) is 9.97 Å². The minimum absolute atomic E-state index is 0.149. The second-order valence-corrected chi connectivity index (χ2v) is 8.14. The number of anilines is 4. The minimum Gasteiger partial charge on any atom is -0.478 e. The lowest BCUT2D eigenvalue weighted by Gasteiger charge is -2.26. The Morgan fingerprint density at radius 3 is 2.50 bits per heavy atom. The van der Waals surface area contributed by atoms with Crippen LogP contribution < -0.4 is 10.2 Å². The summed E-state index contributed by atoms with van der Waals surface area (Å²) in [5, 5.41) is 12.6. The van der Waals surface area contributed by atoms with Crippen molar-refractivity contribution >= 4 is 40.6 Å². The Morgan fingerprint density at radius 1 is 1.06 bits per heavy atom. The molecule has 9 heteroatoms. The Balaban J connectivity index is 1.57. The predicted molar refractivity (Wildman–Crippen MR) is 126 cm³/mol. The smallest absolute Gasteiger partial charge is 0.335 e. The summed E-state index contributed by atoms with van der Waals surface area (Å²) in [6.07, 6.45) is 2.12. The molecule has 4 aromatic rings. The van der Waals surface area contributed by atoms with E-state index in [0.717, 1.165) is 5.56 Å². The number of benzene rings is 3. The molecule has 5 rings (SSSR count). The summed E-state index contributed by atoms with van der Waals surface area (Å²) < 4.78 is 29.4. The Morgan fingerprint density at radius 2 is 1.79 bits per heavy atom. The molecule has 0 radical (unpaired) electrons. The maximum Gasteiger partial charge on any atom is 0.335 e. The number of rotatable bonds is 4. The minimum atomic E-state index is -1.01. The van der Waals surface area contributed by atoms with Gasteiger partial charge < -0.3 is 15.3 Å². The highest BCUT2D eigenvalue weighted by Crippen LogP contribution is 2.42. The van der Waals surface area contributed by atoms with E-state index in [1.807, 2.05) is 0 Å². The maximum absolute atomic E-state index is 14.7. The number of hydrogen-bond acceptors (Lipinski definition) is 5. The van der Waals surface area contributed by atoms with Gasteiger partial charge in [0.2, 0.25) is 5.95 Å². The van der Waals surface area contributed by atoms with Gasteiger partial charge in [-0.3, -0.25) is 0 Å². The molecule has 0 aliphatic carbocycles. The summed E-state index contributed by atoms with van der Waals surface area (Å²) in [6.45, 7) is 0.297. The van der Waals surface area contributed by atoms with Crippen molar-refractivity contribution in [3.8, 4) is 11.3 Å². The molecule has 0 atom stereocenters. The first-order valence-electron chi connectivity index (χ1n) is 10.4. The van der Waals surface area contributed by atoms with E-state index in [4.69, 9.17) is 16.7 Å². The predicted octanol–water partition coefficient (Wildman–Crippen LogP) is 6.21. The molecular weight excluding hydrogens is 462 g/mol. The SMILES string of the molecule is O=C(O)c1ccc(Nc2ncc3c(n2)-c2ccc(Cl)cc2N(c2c(F)cccc2F)CC3)cc1. The number of nitrogens with one attached hydrogen (secondary N) is 1. The van der Waals surface area contributed by atoms with Gasteiger partial charge in [-0.1, -0.05) is 17.7 Å². The van der Waals surface area contributed by atoms with Crippen LogP contribution in [0.3, 0.4) is 0 Å². The van der Waals surface area contributed by atoms with E-state index < -0.39 is 17.6 Å². The zero-order valence-corrected chi connectivity index (χ0v) is 18.4. The average molecular weight is 479 g/mol. The van der Waals surface area contributed by atoms with E-state index >= 15 is 0 Å². The van der Waals surface area contributed by atoms with Crippen LogP contribution in [0.1, 0.15) is 15.9 Å². The topological polar surface area (TPSA) is 78.3 Å². The summed E-state index contributed by atoms with van der Waals surface area (Å²) in [4.78, 5) is 21.7. The van der Waals surface area contributed by atoms with E-state index in [9.17, 15) is 13.6 Å². The Hall–Kier alpha value is -4.04. The molecule has 0 bridgehead atoms. The molecule has 0 fully saturated rings. The molecule has 3 aromatic carbocycles. The molecule has 0 spiro atoms. The average Bonchev–Trinajstić information content (AvgIpc) is 2.96. The van der Waals surface area contributed by atoms with E-state index in [2.05, 4.69) is 15.3 Å². The standard InChI is InChI=1S/C25H17ClF2N4O2/c26-16-6-9-18-21(12-16)32(23-19(27)2-1-3-20(23)28)11-10-15-13-29-25(31-22(15)18)30-17-7-4-14(5-8-17)24(33)34/h1-9,12-13H,10-11H2,(H,33,34)(H,29,30,31). The zero-order valence-electron chi connectivity index (χ0n) is 17.6. The lowest BCUT2D eigenvalue weighted by atomic mass is 10.0. The monoisotopic (exact) mass is 478 g/mol. The normalized spacial score (nSPS) is 12.5. The molecule has 2 heterocycles. The van der Waals surface area contributed by atoms with Crippen LogP contribution in [-0.4, -0.2) is 27.6 Å². The van der Waals surface area contributed by atoms with Crippen LogP contribution >= 0.6 is 11.6 Å². The molecule has 170 valence electrons. The summed E-state index contributed by atoms with van der Waals surface area (Å²) in [7, 11) is 0. The van der Waals surface area contributed by atoms with Gasteiger partial charge in [0.1, 0.15) is 17.3 Å². The van der Waals surface area contributed by atoms with E-state index in [1.165, 1.54) is 30.3 Å². The fraction of sp³-hybridized carbons (Fsp3) is 0.0800. The van der Waals surface area contributed by atoms with E-state index in [0.29, 0.717) is 46.6 Å². The lowest BCUT2D eigenvalue weighted by Crippen LogP contribution is -2.21. The Kier molecular flexibility index (Phi) is 5.59. The third-order valence-corrected chi connectivity index (χ3v) is 5.81. The highest BCUT2D eigenvalue weighted by molar-refractivity contribution is 6.31. The molecule has 6 nitrogen and oxygen atoms in total. The number of aromatic nitrogens is 2. The first-order valence-corrected chi connectivity index (χ1v) is 10.8. The van der Waals surface area contributed by atoms with Crippen LogP contribution in [0, 0.1) is 11.6 Å². The van der Waals surface area contributed by atoms with Gasteiger partial charge in [-0.05, 0) is 66.6 Å². The molecule has 1 aliphatic heterocycles. The highest BCUT2D eigenvalue weighted by Gasteiger charge is 2.26. The fourth-order valence-corrected chi connectivity index (χ4v) is 4.13. The summed E-state index contributed by atoms with van der Waals surface area (Å²) in [5.41, 5.74) is 3.25. The molecule has 0 saturated heterocycles. The third-order valence-electron chi connectivity index (χ3n) is 5.57. The number of para-hydroxylation sites is 1. The Bertz CT molecular complexity index is 1390. The molecule has 1 aliphatic rings. The molecular formula is C25H17ClF2N4O2. The van der Waals surface area contributed by atoms with Crippen LogP contribution in [-0.2, 0) is 6.42 Å². The second-order valence-electron chi connectivity index (χ2n) is 7.71. The summed E-state index contributed by atoms with van der Waals surface area (Å²) in [6, 6.07) is 15.1. The first-order chi connectivity index (χ1) is 16.4. The number of fused-ring (bicyclic) bond motifs is 3. The molecule has 0 amide bonds. The largest absolute Gasteiger partial charge is 0.478 e. The number of nitrogens with zero attached hydrogens (tertiary/aromatic N) is 3. The number of carboxylic acids is 1. The number of carboxylic acid groups (broad SMARTS) is 1. The fourth-order valence-electron chi connectivity index (χ4n) is 3.97. The summed E-state index contributed by atoms with van der Waals surface area (Å²) in [5.74, 6) is -2.06. The number of carbonyl (C=O) groups is 1. The van der Waals surface area contributed by atoms with Gasteiger partial charge in [0.25, 0.3) is 0 Å². The quantitative estimate of drug-likeness (QED) is 0.363. The second kappa shape index (κ2) is 8.72. The first kappa shape index (κ1) is 21.8. The van der Waals surface area contributed by atoms with Crippen LogP contribution in [0.2, 0.25) is 5.02 Å². The van der Waals surface area contributed by atoms with Gasteiger partial charge in [0.15, 0.2) is 0 Å².